The van der Waals surface area contributed by atoms with E-state index in [4.69, 9.17) is 701 Å². The molecule has 0 saturated carbocycles. The summed E-state index contributed by atoms with van der Waals surface area (Å²) in [4.78, 5) is 14.3. The number of hydrogen-bond donors (Lipinski definition) is 0. The maximum Gasteiger partial charge on any atom is 0.348 e. The van der Waals surface area contributed by atoms with Crippen LogP contribution in [0, 0.1) is 0 Å². The summed E-state index contributed by atoms with van der Waals surface area (Å²) in [6, 6.07) is 0. The molecule has 0 aliphatic rings. The van der Waals surface area contributed by atoms with Crippen molar-refractivity contribution < 1.29 is 9.53 Å². The van der Waals surface area contributed by atoms with E-state index in [9.17, 15) is 4.79 Å². The highest BCUT2D eigenvalue weighted by Crippen LogP contribution is 2.81. The Kier molecular flexibility index (Phi) is 38.4. The summed E-state index contributed by atoms with van der Waals surface area (Å²) >= 11 is 387. The lowest BCUT2D eigenvalue weighted by Gasteiger charge is -2.58. The number of halogens is 60. The van der Waals surface area contributed by atoms with Crippen LogP contribution in [0.1, 0.15) is 0 Å². The van der Waals surface area contributed by atoms with E-state index in [0.717, 1.165) is 0 Å². The molecule has 0 aromatic rings. The minimum absolute atomic E-state index is 2.51. The van der Waals surface area contributed by atoms with Gasteiger partial charge < -0.3 is 4.74 Å². The van der Waals surface area contributed by atoms with Crippen molar-refractivity contribution in [2.45, 2.75) is 125 Å². The quantitative estimate of drug-likeness (QED) is 0.0605. The van der Waals surface area contributed by atoms with Gasteiger partial charge in [-0.25, -0.2) is 4.79 Å². The van der Waals surface area contributed by atoms with Crippen molar-refractivity contribution in [1.82, 2.24) is 0 Å². The number of ether oxygens (including phenoxy) is 1. The normalized spacial score (nSPS) is 17.4. The number of esters is 1. The van der Waals surface area contributed by atoms with Crippen molar-refractivity contribution in [3.63, 3.8) is 0 Å². The molecule has 552 valence electrons. The van der Waals surface area contributed by atoms with Crippen LogP contribution in [0.25, 0.3) is 0 Å². The molecule has 0 spiro atoms. The van der Waals surface area contributed by atoms with E-state index in [1.807, 2.05) is 0 Å². The third kappa shape index (κ3) is 16.3. The van der Waals surface area contributed by atoms with Gasteiger partial charge in [0.05, 0.1) is 0 Å². The van der Waals surface area contributed by atoms with Crippen molar-refractivity contribution in [2.75, 3.05) is 0 Å². The molecular weight excluding hydrogens is 2520 g/mol. The molecule has 0 fully saturated rings. The van der Waals surface area contributed by atoms with Crippen molar-refractivity contribution in [3.8, 4) is 0 Å². The predicted octanol–water partition coefficient (Wildman–Crippen LogP) is 34.9. The summed E-state index contributed by atoms with van der Waals surface area (Å²) in [6.45, 7) is 0. The first-order valence-electron chi connectivity index (χ1n) is 19.0. The van der Waals surface area contributed by atoms with Gasteiger partial charge in [0.1, 0.15) is 0 Å². The van der Waals surface area contributed by atoms with E-state index in [1.54, 1.807) is 0 Å². The van der Waals surface area contributed by atoms with Crippen molar-refractivity contribution in [1.29, 1.82) is 0 Å². The molecule has 0 radical (unpaired) electrons. The Morgan fingerprint density at radius 1 is 0.141 bits per heavy atom. The number of rotatable bonds is 27. The number of alkyl halides is 60. The van der Waals surface area contributed by atoms with Gasteiger partial charge in [-0.1, -0.05) is 696 Å². The Morgan fingerprint density at radius 2 is 0.239 bits per heavy atom. The first kappa shape index (κ1) is 109. The van der Waals surface area contributed by atoms with Crippen molar-refractivity contribution in [3.05, 3.63) is 0 Å². The van der Waals surface area contributed by atoms with E-state index in [-0.39, 0.29) is 0 Å². The smallest absolute Gasteiger partial charge is 0.348 e. The number of carbonyl (C=O) groups is 1. The average molecular weight is 2520 g/mol. The van der Waals surface area contributed by atoms with Crippen LogP contribution in [0.2, 0.25) is 0 Å². The van der Waals surface area contributed by atoms with Gasteiger partial charge in [0.15, 0.2) is 95.3 Å². The van der Waals surface area contributed by atoms with Gasteiger partial charge in [0.25, 0.3) is 4.52 Å². The highest BCUT2D eigenvalue weighted by atomic mass is 35.6. The zero-order valence-electron chi connectivity index (χ0n) is 38.5. The molecule has 0 unspecified atom stereocenters. The topological polar surface area (TPSA) is 26.3 Å². The fourth-order valence-electron chi connectivity index (χ4n) is 5.25. The van der Waals surface area contributed by atoms with Crippen LogP contribution >= 0.6 is 696 Å². The van der Waals surface area contributed by atoms with E-state index >= 15 is 0 Å². The molecule has 0 rings (SSSR count). The van der Waals surface area contributed by atoms with Gasteiger partial charge in [-0.05, 0) is 0 Å². The van der Waals surface area contributed by atoms with Crippen LogP contribution in [0.5, 0.6) is 0 Å². The molecule has 2 nitrogen and oxygen atoms in total. The van der Waals surface area contributed by atoms with Crippen molar-refractivity contribution in [2.24, 2.45) is 0 Å². The maximum atomic E-state index is 14.3. The largest absolute Gasteiger partial charge is 0.423 e. The molecule has 0 saturated heterocycles. The molecule has 0 aromatic heterocycles. The first-order valence-corrected chi connectivity index (χ1v) is 41.6. The zero-order valence-corrected chi connectivity index (χ0v) is 83.9. The van der Waals surface area contributed by atoms with Gasteiger partial charge in [0.2, 0.25) is 24.9 Å². The summed E-state index contributed by atoms with van der Waals surface area (Å²) in [5, 5.41) is 0. The Balaban J connectivity index is 8.04. The van der Waals surface area contributed by atoms with Gasteiger partial charge in [0, 0.05) is 0 Å². The van der Waals surface area contributed by atoms with Crippen LogP contribution in [0.3, 0.4) is 0 Å². The molecule has 0 atom stereocenters. The Morgan fingerprint density at radius 3 is 0.359 bits per heavy atom. The molecule has 0 aromatic carbocycles. The van der Waals surface area contributed by atoms with Gasteiger partial charge >= 0.3 is 5.97 Å². The lowest BCUT2D eigenvalue weighted by Crippen LogP contribution is -2.76. The molecule has 0 N–H and O–H groups in total. The summed E-state index contributed by atoms with van der Waals surface area (Å²) in [5.41, 5.74) is 0. The third-order valence-corrected chi connectivity index (χ3v) is 53.5. The second kappa shape index (κ2) is 32.4. The Hall–Kier alpha value is 16.9. The van der Waals surface area contributed by atoms with E-state index in [2.05, 4.69) is 0 Å². The first-order chi connectivity index (χ1) is 38.4. The third-order valence-electron chi connectivity index (χ3n) is 11.0. The Bertz CT molecular complexity index is 2680. The summed E-state index contributed by atoms with van der Waals surface area (Å²) in [7, 11) is 0. The molecule has 62 heteroatoms. The zero-order chi connectivity index (χ0) is 76.8. The fraction of sp³-hybridized carbons (Fsp3) is 0.967. The number of carbonyl (C=O) groups excluding carboxylic acids is 1. The predicted molar refractivity (Wildman–Crippen MR) is 436 cm³/mol. The molecular formula is C30Cl60O2. The van der Waals surface area contributed by atoms with E-state index in [0.29, 0.717) is 0 Å². The Labute approximate surface area is 821 Å². The van der Waals surface area contributed by atoms with Crippen molar-refractivity contribution >= 4 is 702 Å². The molecule has 0 aliphatic carbocycles. The molecule has 0 aliphatic heterocycles. The molecule has 0 bridgehead atoms. The monoisotopic (exact) mass is 2490 g/mol. The second-order valence-electron chi connectivity index (χ2n) is 16.8. The summed E-state index contributed by atoms with van der Waals surface area (Å²) in [5.74, 6) is -2.51. The van der Waals surface area contributed by atoms with Gasteiger partial charge in [-0.2, -0.15) is 0 Å². The standard InChI is InChI=1S/C30Cl60O2/c31-2(32,1(91)92-30(89,90)27(81,82)24(75,76)21(69,70)18(63,64)15(57,58)14(55,56)17(61,62)20(67,68)23(73,74)26(79,80)29(86,87)88)3(33,34)4(35,36)5(37,38)6(39,40)7(41,42)8(43,44)9(45,46)10(47,48)11(49,50)12(51,52)13(53,54)16(59,60)19(65,66)22(71,72)25(77,78)28(83,84)85. The molecule has 0 heterocycles. The molecule has 0 amide bonds. The second-order valence-corrected chi connectivity index (χ2v) is 57.2. The minimum Gasteiger partial charge on any atom is -0.423 e. The van der Waals surface area contributed by atoms with Crippen LogP contribution in [-0.4, -0.2) is 131 Å². The summed E-state index contributed by atoms with van der Waals surface area (Å²) < 4.78 is -104. The fourth-order valence-corrected chi connectivity index (χ4v) is 25.2. The van der Waals surface area contributed by atoms with Crippen LogP contribution in [-0.2, 0) is 9.53 Å². The minimum atomic E-state index is -4.06. The van der Waals surface area contributed by atoms with Gasteiger partial charge in [-0.3, -0.25) is 0 Å². The number of hydrogen-bond acceptors (Lipinski definition) is 2. The van der Waals surface area contributed by atoms with E-state index in [1.165, 1.54) is 0 Å². The highest BCUT2D eigenvalue weighted by Gasteiger charge is 2.90. The van der Waals surface area contributed by atoms with E-state index < -0.39 is 131 Å². The lowest BCUT2D eigenvalue weighted by atomic mass is 9.96. The van der Waals surface area contributed by atoms with Gasteiger partial charge in [-0.15, -0.1) is 0 Å². The summed E-state index contributed by atoms with van der Waals surface area (Å²) in [6.07, 6.45) is 0. The average Bonchev–Trinajstić information content (AvgIpc) is 0.689. The maximum absolute atomic E-state index is 14.3. The molecule has 92 heavy (non-hydrogen) atoms. The van der Waals surface area contributed by atoms with Crippen LogP contribution in [0.15, 0.2) is 0 Å². The highest BCUT2D eigenvalue weighted by molar-refractivity contribution is 6.90. The van der Waals surface area contributed by atoms with Crippen LogP contribution < -0.4 is 0 Å². The SMILES string of the molecule is O=C(OC(Cl)(Cl)C(Cl)(Cl)C(Cl)(Cl)C(Cl)(Cl)C(Cl)(Cl)C(Cl)(Cl)C(Cl)(Cl)C(Cl)(Cl)C(Cl)(Cl)C(Cl)(Cl)C(Cl)(Cl)C(Cl)(Cl)Cl)C(Cl)(Cl)C(Cl)(Cl)C(Cl)(Cl)C(Cl)(Cl)C(Cl)(Cl)C(Cl)(Cl)C(Cl)(Cl)C(Cl)(Cl)C(Cl)(Cl)C(Cl)(Cl)C(Cl)(Cl)C(Cl)(Cl)C(Cl)(Cl)C(Cl)(Cl)C(Cl)(Cl)C(Cl)(Cl)C(Cl)(Cl)Cl. The van der Waals surface area contributed by atoms with Crippen LogP contribution in [0.4, 0.5) is 0 Å². The lowest BCUT2D eigenvalue weighted by molar-refractivity contribution is -0.149.